The Bertz CT molecular complexity index is 433. The lowest BCUT2D eigenvalue weighted by Crippen LogP contribution is -2.31. The van der Waals surface area contributed by atoms with Gasteiger partial charge in [-0.05, 0) is 24.7 Å². The van der Waals surface area contributed by atoms with Crippen molar-refractivity contribution in [2.24, 2.45) is 5.41 Å². The van der Waals surface area contributed by atoms with E-state index in [9.17, 15) is 0 Å². The molecule has 1 aromatic rings. The summed E-state index contributed by atoms with van der Waals surface area (Å²) in [5, 5.41) is 3.46. The van der Waals surface area contributed by atoms with Crippen LogP contribution in [-0.2, 0) is 0 Å². The smallest absolute Gasteiger partial charge is 0.242 e. The first-order chi connectivity index (χ1) is 9.04. The van der Waals surface area contributed by atoms with E-state index in [1.165, 1.54) is 19.2 Å². The molecule has 5 heteroatoms. The van der Waals surface area contributed by atoms with Crippen LogP contribution in [0.25, 0.3) is 0 Å². The van der Waals surface area contributed by atoms with E-state index in [-0.39, 0.29) is 5.41 Å². The van der Waals surface area contributed by atoms with Crippen LogP contribution in [-0.4, -0.2) is 22.6 Å². The van der Waals surface area contributed by atoms with Gasteiger partial charge in [-0.25, -0.2) is 4.98 Å². The number of nitrogens with zero attached hydrogens (tertiary/aromatic N) is 2. The Balaban J connectivity index is 2.12. The highest BCUT2D eigenvalue weighted by Gasteiger charge is 2.35. The Hall–Kier alpha value is -1.52. The average Bonchev–Trinajstić information content (AvgIpc) is 2.70. The second-order valence-electron chi connectivity index (χ2n) is 5.87. The van der Waals surface area contributed by atoms with Crippen molar-refractivity contribution in [3.63, 3.8) is 0 Å². The normalized spacial score (nSPS) is 21.3. The molecule has 0 aliphatic heterocycles. The SMILES string of the molecule is CCCOc1ncnc(NC2CCCC2(C)C)c1N. The van der Waals surface area contributed by atoms with Crippen molar-refractivity contribution in [1.29, 1.82) is 0 Å². The molecule has 1 saturated carbocycles. The molecule has 1 fully saturated rings. The molecule has 2 rings (SSSR count). The number of hydrogen-bond acceptors (Lipinski definition) is 5. The minimum atomic E-state index is 0.280. The number of hydrogen-bond donors (Lipinski definition) is 2. The lowest BCUT2D eigenvalue weighted by Gasteiger charge is -2.28. The van der Waals surface area contributed by atoms with Crippen molar-refractivity contribution >= 4 is 11.5 Å². The molecule has 1 aliphatic rings. The highest BCUT2D eigenvalue weighted by Crippen LogP contribution is 2.39. The van der Waals surface area contributed by atoms with Gasteiger partial charge >= 0.3 is 0 Å². The molecule has 1 aliphatic carbocycles. The van der Waals surface area contributed by atoms with E-state index < -0.39 is 0 Å². The highest BCUT2D eigenvalue weighted by molar-refractivity contribution is 5.66. The highest BCUT2D eigenvalue weighted by atomic mass is 16.5. The van der Waals surface area contributed by atoms with Gasteiger partial charge in [-0.2, -0.15) is 4.98 Å². The van der Waals surface area contributed by atoms with E-state index in [4.69, 9.17) is 10.5 Å². The molecule has 1 unspecified atom stereocenters. The summed E-state index contributed by atoms with van der Waals surface area (Å²) in [6, 6.07) is 0.406. The molecule has 0 amide bonds. The molecule has 0 saturated heterocycles. The van der Waals surface area contributed by atoms with E-state index in [1.807, 2.05) is 0 Å². The molecule has 0 bridgehead atoms. The van der Waals surface area contributed by atoms with Crippen molar-refractivity contribution in [2.75, 3.05) is 17.7 Å². The molecule has 3 N–H and O–H groups in total. The summed E-state index contributed by atoms with van der Waals surface area (Å²) in [7, 11) is 0. The van der Waals surface area contributed by atoms with Gasteiger partial charge < -0.3 is 15.8 Å². The first kappa shape index (κ1) is 13.9. The van der Waals surface area contributed by atoms with Crippen LogP contribution >= 0.6 is 0 Å². The van der Waals surface area contributed by atoms with Crippen LogP contribution < -0.4 is 15.8 Å². The molecule has 19 heavy (non-hydrogen) atoms. The van der Waals surface area contributed by atoms with Crippen LogP contribution in [0.3, 0.4) is 0 Å². The lowest BCUT2D eigenvalue weighted by molar-refractivity contribution is 0.306. The molecule has 106 valence electrons. The third-order valence-electron chi connectivity index (χ3n) is 3.86. The molecular formula is C14H24N4O. The van der Waals surface area contributed by atoms with Gasteiger partial charge in [0.05, 0.1) is 6.61 Å². The van der Waals surface area contributed by atoms with Gasteiger partial charge in [0.1, 0.15) is 12.0 Å². The molecule has 1 heterocycles. The zero-order valence-corrected chi connectivity index (χ0v) is 12.1. The van der Waals surface area contributed by atoms with Gasteiger partial charge in [-0.3, -0.25) is 0 Å². The molecule has 1 atom stereocenters. The fourth-order valence-electron chi connectivity index (χ4n) is 2.57. The average molecular weight is 264 g/mol. The number of rotatable bonds is 5. The van der Waals surface area contributed by atoms with Gasteiger partial charge in [-0.15, -0.1) is 0 Å². The van der Waals surface area contributed by atoms with E-state index in [1.54, 1.807) is 0 Å². The maximum atomic E-state index is 6.08. The number of nitrogen functional groups attached to an aromatic ring is 1. The van der Waals surface area contributed by atoms with Gasteiger partial charge in [0.15, 0.2) is 5.82 Å². The third kappa shape index (κ3) is 3.08. The molecule has 0 aromatic carbocycles. The first-order valence-corrected chi connectivity index (χ1v) is 7.04. The van der Waals surface area contributed by atoms with Crippen molar-refractivity contribution in [3.8, 4) is 5.88 Å². The van der Waals surface area contributed by atoms with E-state index in [0.717, 1.165) is 12.8 Å². The van der Waals surface area contributed by atoms with Gasteiger partial charge in [-0.1, -0.05) is 27.2 Å². The summed E-state index contributed by atoms with van der Waals surface area (Å²) in [6.45, 7) is 7.24. The molecule has 1 aromatic heterocycles. The fourth-order valence-corrected chi connectivity index (χ4v) is 2.57. The van der Waals surface area contributed by atoms with Crippen molar-refractivity contribution in [1.82, 2.24) is 9.97 Å². The zero-order valence-electron chi connectivity index (χ0n) is 12.1. The van der Waals surface area contributed by atoms with Crippen LogP contribution in [0, 0.1) is 5.41 Å². The maximum Gasteiger partial charge on any atom is 0.242 e. The summed E-state index contributed by atoms with van der Waals surface area (Å²) in [5.74, 6) is 1.18. The number of aromatic nitrogens is 2. The standard InChI is InChI=1S/C14H24N4O/c1-4-8-19-13-11(15)12(16-9-17-13)18-10-6-5-7-14(10,2)3/h9-10H,4-8,15H2,1-3H3,(H,16,17,18). The second kappa shape index (κ2) is 5.63. The zero-order chi connectivity index (χ0) is 13.9. The third-order valence-corrected chi connectivity index (χ3v) is 3.86. The Labute approximate surface area is 115 Å². The van der Waals surface area contributed by atoms with Crippen LogP contribution in [0.15, 0.2) is 6.33 Å². The fraction of sp³-hybridized carbons (Fsp3) is 0.714. The minimum absolute atomic E-state index is 0.280. The Kier molecular flexibility index (Phi) is 4.12. The Morgan fingerprint density at radius 2 is 2.26 bits per heavy atom. The summed E-state index contributed by atoms with van der Waals surface area (Å²) in [5.41, 5.74) is 6.87. The summed E-state index contributed by atoms with van der Waals surface area (Å²) in [4.78, 5) is 8.34. The molecular weight excluding hydrogens is 240 g/mol. The van der Waals surface area contributed by atoms with Crippen LogP contribution in [0.1, 0.15) is 46.5 Å². The molecule has 0 spiro atoms. The largest absolute Gasteiger partial charge is 0.476 e. The Morgan fingerprint density at radius 1 is 1.47 bits per heavy atom. The first-order valence-electron chi connectivity index (χ1n) is 7.04. The van der Waals surface area contributed by atoms with Crippen molar-refractivity contribution < 1.29 is 4.74 Å². The molecule has 0 radical (unpaired) electrons. The number of nitrogens with one attached hydrogen (secondary N) is 1. The predicted molar refractivity (Wildman–Crippen MR) is 77.3 cm³/mol. The summed E-state index contributed by atoms with van der Waals surface area (Å²) < 4.78 is 5.53. The van der Waals surface area contributed by atoms with Gasteiger partial charge in [0.25, 0.3) is 0 Å². The lowest BCUT2D eigenvalue weighted by atomic mass is 9.87. The summed E-state index contributed by atoms with van der Waals surface area (Å²) in [6.07, 6.45) is 6.07. The second-order valence-corrected chi connectivity index (χ2v) is 5.87. The number of nitrogens with two attached hydrogens (primary N) is 1. The van der Waals surface area contributed by atoms with Gasteiger partial charge in [0, 0.05) is 6.04 Å². The topological polar surface area (TPSA) is 73.1 Å². The van der Waals surface area contributed by atoms with E-state index in [0.29, 0.717) is 30.0 Å². The van der Waals surface area contributed by atoms with Crippen molar-refractivity contribution in [2.45, 2.75) is 52.5 Å². The predicted octanol–water partition coefficient (Wildman–Crippen LogP) is 2.84. The Morgan fingerprint density at radius 3 is 2.89 bits per heavy atom. The van der Waals surface area contributed by atoms with Gasteiger partial charge in [0.2, 0.25) is 5.88 Å². The van der Waals surface area contributed by atoms with Crippen LogP contribution in [0.4, 0.5) is 11.5 Å². The van der Waals surface area contributed by atoms with Crippen LogP contribution in [0.2, 0.25) is 0 Å². The van der Waals surface area contributed by atoms with Crippen LogP contribution in [0.5, 0.6) is 5.88 Å². The van der Waals surface area contributed by atoms with E-state index in [2.05, 4.69) is 36.1 Å². The summed E-state index contributed by atoms with van der Waals surface area (Å²) >= 11 is 0. The monoisotopic (exact) mass is 264 g/mol. The number of anilines is 2. The quantitative estimate of drug-likeness (QED) is 0.855. The molecule has 5 nitrogen and oxygen atoms in total. The van der Waals surface area contributed by atoms with Crippen molar-refractivity contribution in [3.05, 3.63) is 6.33 Å². The minimum Gasteiger partial charge on any atom is -0.476 e. The maximum absolute atomic E-state index is 6.08. The number of ether oxygens (including phenoxy) is 1. The van der Waals surface area contributed by atoms with E-state index >= 15 is 0 Å².